The van der Waals surface area contributed by atoms with Crippen molar-refractivity contribution in [3.05, 3.63) is 58.7 Å². The summed E-state index contributed by atoms with van der Waals surface area (Å²) in [6.45, 7) is 6.58. The van der Waals surface area contributed by atoms with Gasteiger partial charge in [0.2, 0.25) is 0 Å². The molecule has 2 aromatic carbocycles. The number of hydrogen-bond donors (Lipinski definition) is 2. The summed E-state index contributed by atoms with van der Waals surface area (Å²) in [5.74, 6) is 0.724. The van der Waals surface area contributed by atoms with E-state index in [0.717, 1.165) is 35.1 Å². The molecule has 0 aromatic heterocycles. The summed E-state index contributed by atoms with van der Waals surface area (Å²) in [6, 6.07) is 11.6. The number of hydrogen-bond acceptors (Lipinski definition) is 3. The molecule has 1 saturated carbocycles. The van der Waals surface area contributed by atoms with Crippen LogP contribution in [0.5, 0.6) is 0 Å². The van der Waals surface area contributed by atoms with Crippen molar-refractivity contribution in [2.24, 2.45) is 0 Å². The number of anilines is 1. The first-order chi connectivity index (χ1) is 13.8. The normalized spacial score (nSPS) is 18.6. The molecule has 1 heterocycles. The molecule has 1 unspecified atom stereocenters. The molecule has 1 aliphatic carbocycles. The van der Waals surface area contributed by atoms with E-state index in [9.17, 15) is 9.00 Å². The first-order valence-electron chi connectivity index (χ1n) is 10.0. The molecule has 1 saturated heterocycles. The number of amidine groups is 1. The van der Waals surface area contributed by atoms with Crippen molar-refractivity contribution < 1.29 is 9.00 Å². The Kier molecular flexibility index (Phi) is 5.07. The molecule has 1 atom stereocenters. The van der Waals surface area contributed by atoms with Crippen LogP contribution in [-0.2, 0) is 15.8 Å². The summed E-state index contributed by atoms with van der Waals surface area (Å²) in [6.07, 6.45) is 2.96. The number of aryl methyl sites for hydroxylation is 3. The van der Waals surface area contributed by atoms with Crippen LogP contribution in [0.1, 0.15) is 47.9 Å². The molecule has 1 spiro atoms. The van der Waals surface area contributed by atoms with Crippen LogP contribution in [0.15, 0.2) is 41.3 Å². The maximum atomic E-state index is 13.0. The zero-order chi connectivity index (χ0) is 20.8. The second kappa shape index (κ2) is 7.41. The molecule has 152 valence electrons. The Morgan fingerprint density at radius 1 is 1.10 bits per heavy atom. The maximum Gasteiger partial charge on any atom is 0.150 e. The molecular weight excluding hydrogens is 382 g/mol. The predicted molar refractivity (Wildman–Crippen MR) is 117 cm³/mol. The molecule has 2 fully saturated rings. The van der Waals surface area contributed by atoms with Gasteiger partial charge in [0.1, 0.15) is 22.6 Å². The third-order valence-electron chi connectivity index (χ3n) is 5.96. The number of nitrogens with zero attached hydrogens (tertiary/aromatic N) is 1. The Bertz CT molecular complexity index is 1010. The second-order valence-electron chi connectivity index (χ2n) is 8.38. The van der Waals surface area contributed by atoms with Gasteiger partial charge in [-0.2, -0.15) is 0 Å². The van der Waals surface area contributed by atoms with Crippen LogP contribution in [0.3, 0.4) is 0 Å². The smallest absolute Gasteiger partial charge is 0.150 e. The molecule has 4 rings (SSSR count). The van der Waals surface area contributed by atoms with Gasteiger partial charge in [0.15, 0.2) is 0 Å². The summed E-state index contributed by atoms with van der Waals surface area (Å²) in [4.78, 5) is 14.8. The minimum atomic E-state index is -1.42. The van der Waals surface area contributed by atoms with Gasteiger partial charge in [-0.25, -0.2) is 4.21 Å². The van der Waals surface area contributed by atoms with Gasteiger partial charge in [-0.1, -0.05) is 23.8 Å². The molecule has 0 radical (unpaired) electrons. The number of likely N-dealkylation sites (tertiary alicyclic amines) is 1. The number of benzene rings is 2. The fourth-order valence-electron chi connectivity index (χ4n) is 4.28. The lowest BCUT2D eigenvalue weighted by molar-refractivity contribution is -0.122. The molecule has 1 aliphatic heterocycles. The molecule has 0 amide bonds. The lowest BCUT2D eigenvalue weighted by Crippen LogP contribution is -2.48. The highest BCUT2D eigenvalue weighted by Crippen LogP contribution is 2.48. The van der Waals surface area contributed by atoms with Gasteiger partial charge in [0.25, 0.3) is 0 Å². The van der Waals surface area contributed by atoms with Gasteiger partial charge in [-0.3, -0.25) is 10.2 Å². The molecule has 2 aliphatic rings. The monoisotopic (exact) mass is 409 g/mol. The number of ketones is 1. The lowest BCUT2D eigenvalue weighted by atomic mass is 9.95. The van der Waals surface area contributed by atoms with Crippen LogP contribution in [0, 0.1) is 26.2 Å². The van der Waals surface area contributed by atoms with Crippen molar-refractivity contribution >= 4 is 28.3 Å². The topological polar surface area (TPSA) is 73.3 Å². The van der Waals surface area contributed by atoms with E-state index < -0.39 is 11.0 Å². The first kappa shape index (κ1) is 19.8. The number of rotatable bonds is 4. The van der Waals surface area contributed by atoms with E-state index in [1.165, 1.54) is 0 Å². The summed E-state index contributed by atoms with van der Waals surface area (Å²) in [7, 11) is -1.42. The molecule has 2 N–H and O–H groups in total. The average molecular weight is 410 g/mol. The minimum Gasteiger partial charge on any atom is -0.350 e. The van der Waals surface area contributed by atoms with E-state index >= 15 is 0 Å². The van der Waals surface area contributed by atoms with Crippen molar-refractivity contribution in [3.8, 4) is 0 Å². The molecule has 6 heteroatoms. The predicted octanol–water partition coefficient (Wildman–Crippen LogP) is 4.27. The van der Waals surface area contributed by atoms with Gasteiger partial charge >= 0.3 is 0 Å². The third-order valence-corrected chi connectivity index (χ3v) is 7.07. The van der Waals surface area contributed by atoms with Gasteiger partial charge in [-0.15, -0.1) is 0 Å². The van der Waals surface area contributed by atoms with Crippen molar-refractivity contribution in [1.29, 1.82) is 5.41 Å². The number of Topliss-reactive ketones (excluding diaryl/α,β-unsaturated/α-hetero) is 1. The van der Waals surface area contributed by atoms with Crippen molar-refractivity contribution in [2.75, 3.05) is 11.3 Å². The Balaban J connectivity index is 1.67. The van der Waals surface area contributed by atoms with E-state index in [1.807, 2.05) is 51.1 Å². The van der Waals surface area contributed by atoms with E-state index in [1.54, 1.807) is 0 Å². The van der Waals surface area contributed by atoms with Crippen molar-refractivity contribution in [2.45, 2.75) is 56.9 Å². The van der Waals surface area contributed by atoms with E-state index in [0.29, 0.717) is 41.6 Å². The molecule has 29 heavy (non-hydrogen) atoms. The minimum absolute atomic E-state index is 0.170. The van der Waals surface area contributed by atoms with Crippen LogP contribution in [0.2, 0.25) is 0 Å². The Labute approximate surface area is 174 Å². The Morgan fingerprint density at radius 2 is 1.79 bits per heavy atom. The standard InChI is InChI=1S/C23H27N3O2S/c1-15-4-6-19(7-5-15)29(28)25-20-13-16(2)12-17(3)21(20)22(24)26-11-8-18(27)14-23(26)9-10-23/h4-7,12-13,24-25H,8-11,14H2,1-3H3. The molecule has 0 bridgehead atoms. The summed E-state index contributed by atoms with van der Waals surface area (Å²) >= 11 is 0. The second-order valence-corrected chi connectivity index (χ2v) is 9.59. The highest BCUT2D eigenvalue weighted by molar-refractivity contribution is 7.86. The number of nitrogens with one attached hydrogen (secondary N) is 2. The van der Waals surface area contributed by atoms with Crippen LogP contribution >= 0.6 is 0 Å². The van der Waals surface area contributed by atoms with Crippen LogP contribution in [0.25, 0.3) is 0 Å². The number of carbonyl (C=O) groups excluding carboxylic acids is 1. The largest absolute Gasteiger partial charge is 0.350 e. The van der Waals surface area contributed by atoms with Crippen LogP contribution in [-0.4, -0.2) is 32.8 Å². The van der Waals surface area contributed by atoms with Crippen molar-refractivity contribution in [1.82, 2.24) is 4.90 Å². The summed E-state index contributed by atoms with van der Waals surface area (Å²) in [5, 5.41) is 8.99. The highest BCUT2D eigenvalue weighted by Gasteiger charge is 2.52. The highest BCUT2D eigenvalue weighted by atomic mass is 32.2. The van der Waals surface area contributed by atoms with Gasteiger partial charge in [-0.05, 0) is 62.9 Å². The fraction of sp³-hybridized carbons (Fsp3) is 0.391. The molecular formula is C23H27N3O2S. The van der Waals surface area contributed by atoms with Gasteiger partial charge in [0, 0.05) is 30.5 Å². The lowest BCUT2D eigenvalue weighted by Gasteiger charge is -2.38. The number of carbonyl (C=O) groups is 1. The third kappa shape index (κ3) is 3.86. The maximum absolute atomic E-state index is 13.0. The zero-order valence-corrected chi connectivity index (χ0v) is 18.0. The fourth-order valence-corrected chi connectivity index (χ4v) is 5.14. The van der Waals surface area contributed by atoms with E-state index in [2.05, 4.69) is 15.7 Å². The van der Waals surface area contributed by atoms with Crippen molar-refractivity contribution in [3.63, 3.8) is 0 Å². The first-order valence-corrected chi connectivity index (χ1v) is 11.2. The summed E-state index contributed by atoms with van der Waals surface area (Å²) < 4.78 is 16.1. The summed E-state index contributed by atoms with van der Waals surface area (Å²) in [5.41, 5.74) is 4.46. The Morgan fingerprint density at radius 3 is 2.45 bits per heavy atom. The van der Waals surface area contributed by atoms with E-state index in [4.69, 9.17) is 5.41 Å². The van der Waals surface area contributed by atoms with Gasteiger partial charge < -0.3 is 9.62 Å². The Hall–Kier alpha value is -2.47. The van der Waals surface area contributed by atoms with Gasteiger partial charge in [0.05, 0.1) is 10.6 Å². The van der Waals surface area contributed by atoms with Crippen LogP contribution < -0.4 is 4.72 Å². The quantitative estimate of drug-likeness (QED) is 0.585. The zero-order valence-electron chi connectivity index (χ0n) is 17.2. The molecule has 2 aromatic rings. The average Bonchev–Trinajstić information content (AvgIpc) is 3.40. The van der Waals surface area contributed by atoms with E-state index in [-0.39, 0.29) is 5.54 Å². The molecule has 5 nitrogen and oxygen atoms in total. The SMILES string of the molecule is Cc1ccc(S(=O)Nc2cc(C)cc(C)c2C(=N)N2CCC(=O)CC23CC3)cc1. The number of piperidine rings is 1. The van der Waals surface area contributed by atoms with Crippen LogP contribution in [0.4, 0.5) is 5.69 Å².